The van der Waals surface area contributed by atoms with Crippen LogP contribution in [-0.2, 0) is 16.1 Å². The van der Waals surface area contributed by atoms with Crippen molar-refractivity contribution in [2.45, 2.75) is 13.5 Å². The van der Waals surface area contributed by atoms with Crippen molar-refractivity contribution in [3.05, 3.63) is 23.9 Å². The number of nitrogens with one attached hydrogen (secondary N) is 1. The van der Waals surface area contributed by atoms with Gasteiger partial charge >= 0.3 is 0 Å². The fraction of sp³-hybridized carbons (Fsp3) is 0.200. The van der Waals surface area contributed by atoms with Crippen LogP contribution in [0.4, 0.5) is 0 Å². The number of methoxy groups -OCH3 is 1. The van der Waals surface area contributed by atoms with Gasteiger partial charge in [-0.25, -0.2) is 0 Å². The summed E-state index contributed by atoms with van der Waals surface area (Å²) in [6.07, 6.45) is 1.44. The largest absolute Gasteiger partial charge is 0.496 e. The lowest BCUT2D eigenvalue weighted by molar-refractivity contribution is -0.119. The second kappa shape index (κ2) is 6.15. The SMILES string of the molecule is COc1ccc(-c2nnn(CC(N)=O)n2)c2[nH]cc(C(=O)C(C)=O)c12. The van der Waals surface area contributed by atoms with Crippen LogP contribution >= 0.6 is 0 Å². The Morgan fingerprint density at radius 2 is 2.08 bits per heavy atom. The molecule has 0 spiro atoms. The van der Waals surface area contributed by atoms with Gasteiger partial charge in [0, 0.05) is 18.7 Å². The second-order valence-corrected chi connectivity index (χ2v) is 5.26. The zero-order valence-electron chi connectivity index (χ0n) is 13.4. The van der Waals surface area contributed by atoms with Gasteiger partial charge in [0.05, 0.1) is 23.6 Å². The summed E-state index contributed by atoms with van der Waals surface area (Å²) in [6, 6.07) is 3.32. The average Bonchev–Trinajstić information content (AvgIpc) is 3.19. The molecule has 1 amide bonds. The number of Topliss-reactive ketones (excluding diaryl/α,β-unsaturated/α-hetero) is 2. The van der Waals surface area contributed by atoms with Crippen molar-refractivity contribution in [1.82, 2.24) is 25.2 Å². The first-order valence-corrected chi connectivity index (χ1v) is 7.22. The number of rotatable bonds is 6. The van der Waals surface area contributed by atoms with Crippen LogP contribution in [0.5, 0.6) is 5.75 Å². The fourth-order valence-corrected chi connectivity index (χ4v) is 2.50. The van der Waals surface area contributed by atoms with Crippen molar-refractivity contribution in [2.24, 2.45) is 5.73 Å². The first-order chi connectivity index (χ1) is 11.9. The number of tetrazole rings is 1. The van der Waals surface area contributed by atoms with Gasteiger partial charge in [-0.05, 0) is 17.3 Å². The number of fused-ring (bicyclic) bond motifs is 1. The Hall–Kier alpha value is -3.56. The molecule has 2 heterocycles. The standard InChI is InChI=1S/C15H14N6O4/c1-7(22)14(24)9-5-17-13-8(3-4-10(25-2)12(9)13)15-18-20-21(19-15)6-11(16)23/h3-5,17H,6H2,1-2H3,(H2,16,23). The number of benzene rings is 1. The maximum atomic E-state index is 12.1. The van der Waals surface area contributed by atoms with Gasteiger partial charge in [-0.1, -0.05) is 0 Å². The molecule has 0 unspecified atom stereocenters. The van der Waals surface area contributed by atoms with Gasteiger partial charge in [0.25, 0.3) is 0 Å². The molecule has 128 valence electrons. The fourth-order valence-electron chi connectivity index (χ4n) is 2.50. The molecule has 1 aromatic carbocycles. The molecule has 0 radical (unpaired) electrons. The number of carbonyl (C=O) groups excluding carboxylic acids is 3. The summed E-state index contributed by atoms with van der Waals surface area (Å²) in [5.41, 5.74) is 6.36. The van der Waals surface area contributed by atoms with E-state index < -0.39 is 17.5 Å². The molecule has 3 N–H and O–H groups in total. The third-order valence-electron chi connectivity index (χ3n) is 3.57. The Kier molecular flexibility index (Phi) is 4.01. The van der Waals surface area contributed by atoms with Gasteiger partial charge in [-0.15, -0.1) is 10.2 Å². The Balaban J connectivity index is 2.18. The van der Waals surface area contributed by atoms with Crippen molar-refractivity contribution in [1.29, 1.82) is 0 Å². The van der Waals surface area contributed by atoms with Crippen molar-refractivity contribution in [2.75, 3.05) is 7.11 Å². The molecule has 10 heteroatoms. The minimum absolute atomic E-state index is 0.200. The molecule has 0 atom stereocenters. The molecule has 3 rings (SSSR count). The van der Waals surface area contributed by atoms with Crippen LogP contribution in [0.15, 0.2) is 18.3 Å². The van der Waals surface area contributed by atoms with Gasteiger partial charge in [0.1, 0.15) is 12.3 Å². The Bertz CT molecular complexity index is 1000. The molecule has 0 aliphatic heterocycles. The van der Waals surface area contributed by atoms with Gasteiger partial charge in [0.15, 0.2) is 5.78 Å². The third kappa shape index (κ3) is 2.84. The van der Waals surface area contributed by atoms with Gasteiger partial charge in [-0.3, -0.25) is 14.4 Å². The highest BCUT2D eigenvalue weighted by Crippen LogP contribution is 2.35. The monoisotopic (exact) mass is 342 g/mol. The summed E-state index contributed by atoms with van der Waals surface area (Å²) in [5.74, 6) is -1.16. The molecule has 10 nitrogen and oxygen atoms in total. The first kappa shape index (κ1) is 16.3. The van der Waals surface area contributed by atoms with Crippen LogP contribution in [0.3, 0.4) is 0 Å². The number of ketones is 2. The Morgan fingerprint density at radius 1 is 1.32 bits per heavy atom. The van der Waals surface area contributed by atoms with Crippen LogP contribution < -0.4 is 10.5 Å². The minimum Gasteiger partial charge on any atom is -0.496 e. The maximum Gasteiger partial charge on any atom is 0.241 e. The molecule has 2 aromatic heterocycles. The maximum absolute atomic E-state index is 12.1. The van der Waals surface area contributed by atoms with Crippen molar-refractivity contribution in [3.63, 3.8) is 0 Å². The van der Waals surface area contributed by atoms with E-state index in [1.807, 2.05) is 0 Å². The lowest BCUT2D eigenvalue weighted by atomic mass is 10.0. The number of hydrogen-bond acceptors (Lipinski definition) is 7. The number of H-pyrrole nitrogens is 1. The first-order valence-electron chi connectivity index (χ1n) is 7.22. The zero-order chi connectivity index (χ0) is 18.1. The van der Waals surface area contributed by atoms with Gasteiger partial charge < -0.3 is 15.5 Å². The Labute approximate surface area is 140 Å². The van der Waals surface area contributed by atoms with Crippen LogP contribution in [0.2, 0.25) is 0 Å². The number of amides is 1. The number of ether oxygens (including phenoxy) is 1. The molecule has 0 fully saturated rings. The van der Waals surface area contributed by atoms with Crippen LogP contribution in [-0.4, -0.2) is 49.8 Å². The molecular weight excluding hydrogens is 328 g/mol. The van der Waals surface area contributed by atoms with Gasteiger partial charge in [0.2, 0.25) is 17.5 Å². The van der Waals surface area contributed by atoms with E-state index in [-0.39, 0.29) is 17.9 Å². The molecule has 3 aromatic rings. The average molecular weight is 342 g/mol. The van der Waals surface area contributed by atoms with Crippen molar-refractivity contribution >= 4 is 28.4 Å². The van der Waals surface area contributed by atoms with E-state index in [0.29, 0.717) is 22.2 Å². The van der Waals surface area contributed by atoms with Crippen LogP contribution in [0.1, 0.15) is 17.3 Å². The topological polar surface area (TPSA) is 146 Å². The summed E-state index contributed by atoms with van der Waals surface area (Å²) in [5, 5.41) is 12.2. The van der Waals surface area contributed by atoms with E-state index in [4.69, 9.17) is 10.5 Å². The molecule has 0 aliphatic carbocycles. The highest BCUT2D eigenvalue weighted by molar-refractivity contribution is 6.45. The predicted molar refractivity (Wildman–Crippen MR) is 85.9 cm³/mol. The molecule has 0 saturated heterocycles. The smallest absolute Gasteiger partial charge is 0.241 e. The zero-order valence-corrected chi connectivity index (χ0v) is 13.4. The van der Waals surface area contributed by atoms with Crippen molar-refractivity contribution in [3.8, 4) is 17.1 Å². The van der Waals surface area contributed by atoms with E-state index in [2.05, 4.69) is 20.4 Å². The second-order valence-electron chi connectivity index (χ2n) is 5.26. The quantitative estimate of drug-likeness (QED) is 0.476. The number of nitrogens with two attached hydrogens (primary N) is 1. The number of nitrogens with zero attached hydrogens (tertiary/aromatic N) is 4. The molecule has 0 saturated carbocycles. The van der Waals surface area contributed by atoms with Crippen LogP contribution in [0, 0.1) is 0 Å². The van der Waals surface area contributed by atoms with Crippen LogP contribution in [0.25, 0.3) is 22.3 Å². The summed E-state index contributed by atoms with van der Waals surface area (Å²) >= 11 is 0. The number of carbonyl (C=O) groups is 3. The third-order valence-corrected chi connectivity index (χ3v) is 3.57. The highest BCUT2D eigenvalue weighted by Gasteiger charge is 2.22. The molecule has 0 aliphatic rings. The summed E-state index contributed by atoms with van der Waals surface area (Å²) in [7, 11) is 1.46. The van der Waals surface area contributed by atoms with E-state index in [1.165, 1.54) is 20.2 Å². The highest BCUT2D eigenvalue weighted by atomic mass is 16.5. The number of primary amides is 1. The lowest BCUT2D eigenvalue weighted by Crippen LogP contribution is -2.20. The van der Waals surface area contributed by atoms with E-state index >= 15 is 0 Å². The number of aromatic nitrogens is 5. The minimum atomic E-state index is -0.632. The van der Waals surface area contributed by atoms with E-state index in [9.17, 15) is 14.4 Å². The number of aromatic amines is 1. The molecule has 25 heavy (non-hydrogen) atoms. The lowest BCUT2D eigenvalue weighted by Gasteiger charge is -2.06. The molecule has 0 bridgehead atoms. The normalized spacial score (nSPS) is 10.8. The predicted octanol–water partition coefficient (Wildman–Crippen LogP) is 0.0870. The van der Waals surface area contributed by atoms with Crippen molar-refractivity contribution < 1.29 is 19.1 Å². The Morgan fingerprint density at radius 3 is 2.72 bits per heavy atom. The van der Waals surface area contributed by atoms with Gasteiger partial charge in [-0.2, -0.15) is 4.80 Å². The van der Waals surface area contributed by atoms with E-state index in [0.717, 1.165) is 4.80 Å². The summed E-state index contributed by atoms with van der Waals surface area (Å²) in [4.78, 5) is 38.6. The number of hydrogen-bond donors (Lipinski definition) is 2. The summed E-state index contributed by atoms with van der Waals surface area (Å²) < 4.78 is 5.30. The van der Waals surface area contributed by atoms with E-state index in [1.54, 1.807) is 12.1 Å². The summed E-state index contributed by atoms with van der Waals surface area (Å²) in [6.45, 7) is 1.000. The molecular formula is C15H14N6O4.